The summed E-state index contributed by atoms with van der Waals surface area (Å²) >= 11 is 0. The Labute approximate surface area is 186 Å². The number of amides is 2. The summed E-state index contributed by atoms with van der Waals surface area (Å²) < 4.78 is 5.62. The van der Waals surface area contributed by atoms with Crippen molar-refractivity contribution in [1.29, 1.82) is 0 Å². The summed E-state index contributed by atoms with van der Waals surface area (Å²) in [5.74, 6) is -0.778. The van der Waals surface area contributed by atoms with E-state index in [0.29, 0.717) is 6.42 Å². The van der Waals surface area contributed by atoms with Crippen LogP contribution in [0.4, 0.5) is 4.79 Å². The van der Waals surface area contributed by atoms with E-state index in [0.717, 1.165) is 12.8 Å². The lowest BCUT2D eigenvalue weighted by molar-refractivity contribution is -0.137. The van der Waals surface area contributed by atoms with E-state index in [2.05, 4.69) is 34.9 Å². The van der Waals surface area contributed by atoms with E-state index in [1.54, 1.807) is 0 Å². The first-order valence-electron chi connectivity index (χ1n) is 11.1. The van der Waals surface area contributed by atoms with Crippen molar-refractivity contribution in [1.82, 2.24) is 10.6 Å². The summed E-state index contributed by atoms with van der Waals surface area (Å²) in [6, 6.07) is 16.3. The van der Waals surface area contributed by atoms with Crippen LogP contribution >= 0.6 is 0 Å². The molecule has 2 aromatic rings. The van der Waals surface area contributed by atoms with Gasteiger partial charge in [0.1, 0.15) is 6.61 Å². The number of carboxylic acids is 1. The molecule has 0 bridgehead atoms. The lowest BCUT2D eigenvalue weighted by atomic mass is 9.98. The van der Waals surface area contributed by atoms with Gasteiger partial charge in [0, 0.05) is 18.5 Å². The summed E-state index contributed by atoms with van der Waals surface area (Å²) in [4.78, 5) is 35.7. The molecule has 3 aliphatic rings. The second-order valence-corrected chi connectivity index (χ2v) is 9.06. The zero-order chi connectivity index (χ0) is 22.3. The zero-order valence-corrected chi connectivity index (χ0v) is 17.7. The van der Waals surface area contributed by atoms with Crippen LogP contribution in [0.5, 0.6) is 0 Å². The molecule has 0 aliphatic heterocycles. The molecule has 2 saturated carbocycles. The summed E-state index contributed by atoms with van der Waals surface area (Å²) in [5.41, 5.74) is 4.24. The molecule has 0 spiro atoms. The van der Waals surface area contributed by atoms with Gasteiger partial charge in [-0.3, -0.25) is 9.59 Å². The molecule has 7 heteroatoms. The Morgan fingerprint density at radius 1 is 1.00 bits per heavy atom. The molecule has 0 unspecified atom stereocenters. The number of hydrogen-bond acceptors (Lipinski definition) is 4. The van der Waals surface area contributed by atoms with Gasteiger partial charge in [0.2, 0.25) is 5.91 Å². The Morgan fingerprint density at radius 3 is 2.31 bits per heavy atom. The first kappa shape index (κ1) is 20.5. The Balaban J connectivity index is 1.15. The van der Waals surface area contributed by atoms with Crippen LogP contribution in [-0.4, -0.2) is 42.3 Å². The van der Waals surface area contributed by atoms with Crippen molar-refractivity contribution in [3.8, 4) is 11.1 Å². The minimum atomic E-state index is -0.934. The molecular weight excluding hydrogens is 408 g/mol. The number of carbonyl (C=O) groups excluding carboxylic acids is 2. The Kier molecular flexibility index (Phi) is 5.12. The van der Waals surface area contributed by atoms with E-state index in [4.69, 9.17) is 9.84 Å². The molecule has 0 aromatic heterocycles. The number of nitrogens with one attached hydrogen (secondary N) is 2. The summed E-state index contributed by atoms with van der Waals surface area (Å²) in [6.45, 7) is 0.393. The molecule has 2 aromatic carbocycles. The predicted octanol–water partition coefficient (Wildman–Crippen LogP) is 3.28. The third-order valence-corrected chi connectivity index (χ3v) is 7.15. The highest BCUT2D eigenvalue weighted by Gasteiger charge is 2.65. The van der Waals surface area contributed by atoms with Gasteiger partial charge in [-0.15, -0.1) is 0 Å². The van der Waals surface area contributed by atoms with Gasteiger partial charge in [-0.05, 0) is 47.4 Å². The highest BCUT2D eigenvalue weighted by Crippen LogP contribution is 2.63. The number of benzene rings is 2. The quantitative estimate of drug-likeness (QED) is 0.620. The van der Waals surface area contributed by atoms with Crippen LogP contribution in [0.2, 0.25) is 0 Å². The monoisotopic (exact) mass is 434 g/mol. The predicted molar refractivity (Wildman–Crippen MR) is 117 cm³/mol. The van der Waals surface area contributed by atoms with Crippen molar-refractivity contribution in [2.24, 2.45) is 11.3 Å². The van der Waals surface area contributed by atoms with Crippen molar-refractivity contribution in [3.05, 3.63) is 59.7 Å². The average Bonchev–Trinajstić information content (AvgIpc) is 3.20. The van der Waals surface area contributed by atoms with Gasteiger partial charge in [-0.2, -0.15) is 0 Å². The lowest BCUT2D eigenvalue weighted by Crippen LogP contribution is -2.38. The van der Waals surface area contributed by atoms with Crippen LogP contribution in [0.3, 0.4) is 0 Å². The summed E-state index contributed by atoms with van der Waals surface area (Å²) in [6.07, 6.45) is 1.57. The number of ether oxygens (including phenoxy) is 1. The van der Waals surface area contributed by atoms with Crippen molar-refractivity contribution < 1.29 is 24.2 Å². The maximum Gasteiger partial charge on any atom is 0.407 e. The first-order valence-corrected chi connectivity index (χ1v) is 11.1. The smallest absolute Gasteiger partial charge is 0.407 e. The first-order chi connectivity index (χ1) is 15.5. The molecule has 0 saturated heterocycles. The van der Waals surface area contributed by atoms with Gasteiger partial charge in [-0.25, -0.2) is 4.79 Å². The fraction of sp³-hybridized carbons (Fsp3) is 0.400. The molecule has 3 atom stereocenters. The van der Waals surface area contributed by atoms with Crippen molar-refractivity contribution in [2.45, 2.75) is 37.6 Å². The highest BCUT2D eigenvalue weighted by molar-refractivity contribution is 5.87. The standard InChI is InChI=1S/C25H26N2O5/c28-22(29)9-10-26-23(30)25-12-15(25)11-16(13-25)27-24(31)32-14-21-19-7-3-1-5-17(19)18-6-2-4-8-20(18)21/h1-8,15-16,21H,9-14H2,(H,26,30)(H,27,31)(H,28,29)/t15-,16+,25+/m0/s1. The van der Waals surface area contributed by atoms with Crippen LogP contribution < -0.4 is 10.6 Å². The fourth-order valence-corrected chi connectivity index (χ4v) is 5.55. The molecule has 32 heavy (non-hydrogen) atoms. The second kappa shape index (κ2) is 7.97. The maximum atomic E-state index is 12.5. The van der Waals surface area contributed by atoms with Gasteiger partial charge in [-0.1, -0.05) is 48.5 Å². The second-order valence-electron chi connectivity index (χ2n) is 9.06. The minimum absolute atomic E-state index is 0.0106. The SMILES string of the molecule is O=C(O)CCNC(=O)[C@]12C[C@H](NC(=O)OCC3c4ccccc4-c4ccccc43)C[C@H]1C2. The number of alkyl carbamates (subject to hydrolysis) is 1. The molecule has 2 amide bonds. The maximum absolute atomic E-state index is 12.5. The molecule has 166 valence electrons. The van der Waals surface area contributed by atoms with Crippen molar-refractivity contribution in [2.75, 3.05) is 13.2 Å². The van der Waals surface area contributed by atoms with E-state index in [1.165, 1.54) is 22.3 Å². The average molecular weight is 434 g/mol. The number of carboxylic acid groups (broad SMARTS) is 1. The van der Waals surface area contributed by atoms with Gasteiger partial charge >= 0.3 is 12.1 Å². The third kappa shape index (κ3) is 3.61. The molecule has 3 N–H and O–H groups in total. The number of aliphatic carboxylic acids is 1. The Hall–Kier alpha value is -3.35. The molecule has 5 rings (SSSR count). The lowest BCUT2D eigenvalue weighted by Gasteiger charge is -2.19. The Morgan fingerprint density at radius 2 is 1.66 bits per heavy atom. The van der Waals surface area contributed by atoms with Crippen molar-refractivity contribution in [3.63, 3.8) is 0 Å². The van der Waals surface area contributed by atoms with E-state index in [9.17, 15) is 14.4 Å². The third-order valence-electron chi connectivity index (χ3n) is 7.15. The number of fused-ring (bicyclic) bond motifs is 4. The Bertz CT molecular complexity index is 1040. The van der Waals surface area contributed by atoms with Crippen LogP contribution in [-0.2, 0) is 14.3 Å². The van der Waals surface area contributed by atoms with Crippen LogP contribution in [0.15, 0.2) is 48.5 Å². The van der Waals surface area contributed by atoms with Gasteiger partial charge < -0.3 is 20.5 Å². The molecule has 0 heterocycles. The molecule has 0 radical (unpaired) electrons. The molecule has 2 fully saturated rings. The molecule has 7 nitrogen and oxygen atoms in total. The van der Waals surface area contributed by atoms with Gasteiger partial charge in [0.15, 0.2) is 0 Å². The van der Waals surface area contributed by atoms with Crippen molar-refractivity contribution >= 4 is 18.0 Å². The van der Waals surface area contributed by atoms with E-state index < -0.39 is 17.5 Å². The zero-order valence-electron chi connectivity index (χ0n) is 17.7. The van der Waals surface area contributed by atoms with E-state index in [-0.39, 0.29) is 43.4 Å². The van der Waals surface area contributed by atoms with Gasteiger partial charge in [0.25, 0.3) is 0 Å². The minimum Gasteiger partial charge on any atom is -0.481 e. The van der Waals surface area contributed by atoms with E-state index >= 15 is 0 Å². The number of rotatable bonds is 7. The fourth-order valence-electron chi connectivity index (χ4n) is 5.55. The number of hydrogen-bond donors (Lipinski definition) is 3. The highest BCUT2D eigenvalue weighted by atomic mass is 16.5. The van der Waals surface area contributed by atoms with E-state index in [1.807, 2.05) is 24.3 Å². The summed E-state index contributed by atoms with van der Waals surface area (Å²) in [5, 5.41) is 14.4. The topological polar surface area (TPSA) is 105 Å². The normalized spacial score (nSPS) is 24.8. The number of carbonyl (C=O) groups is 3. The van der Waals surface area contributed by atoms with Gasteiger partial charge in [0.05, 0.1) is 11.8 Å². The van der Waals surface area contributed by atoms with Crippen LogP contribution in [0, 0.1) is 11.3 Å². The molecular formula is C25H26N2O5. The van der Waals surface area contributed by atoms with Crippen LogP contribution in [0.25, 0.3) is 11.1 Å². The summed E-state index contributed by atoms with van der Waals surface area (Å²) in [7, 11) is 0. The largest absolute Gasteiger partial charge is 0.481 e. The molecule has 3 aliphatic carbocycles. The van der Waals surface area contributed by atoms with Crippen LogP contribution in [0.1, 0.15) is 42.7 Å².